The van der Waals surface area contributed by atoms with Crippen molar-refractivity contribution in [3.05, 3.63) is 59.2 Å². The number of urea groups is 1. The molecule has 0 bridgehead atoms. The Morgan fingerprint density at radius 1 is 1.10 bits per heavy atom. The van der Waals surface area contributed by atoms with E-state index in [2.05, 4.69) is 10.6 Å². The zero-order chi connectivity index (χ0) is 20.8. The van der Waals surface area contributed by atoms with Crippen LogP contribution in [0.15, 0.2) is 42.5 Å². The molecule has 0 atom stereocenters. The van der Waals surface area contributed by atoms with Crippen LogP contribution in [0, 0.1) is 19.8 Å². The SMILES string of the molecule is COc1ccccc1NC(=O)N1CCC(CNC(=O)c2ccc(C)cc2C)CC1. The molecule has 0 aromatic heterocycles. The average molecular weight is 396 g/mol. The first-order chi connectivity index (χ1) is 14.0. The second kappa shape index (κ2) is 9.45. The van der Waals surface area contributed by atoms with E-state index in [0.29, 0.717) is 37.0 Å². The van der Waals surface area contributed by atoms with Gasteiger partial charge in [0.1, 0.15) is 5.75 Å². The number of nitrogens with one attached hydrogen (secondary N) is 2. The number of anilines is 1. The Hall–Kier alpha value is -3.02. The lowest BCUT2D eigenvalue weighted by Crippen LogP contribution is -2.43. The van der Waals surface area contributed by atoms with E-state index in [1.807, 2.05) is 61.2 Å². The molecule has 1 fully saturated rings. The van der Waals surface area contributed by atoms with E-state index in [1.165, 1.54) is 0 Å². The van der Waals surface area contributed by atoms with Crippen LogP contribution >= 0.6 is 0 Å². The molecule has 3 rings (SSSR count). The topological polar surface area (TPSA) is 70.7 Å². The van der Waals surface area contributed by atoms with Crippen LogP contribution in [0.5, 0.6) is 5.75 Å². The molecule has 3 amide bonds. The summed E-state index contributed by atoms with van der Waals surface area (Å²) >= 11 is 0. The van der Waals surface area contributed by atoms with E-state index in [1.54, 1.807) is 7.11 Å². The Labute approximate surface area is 172 Å². The van der Waals surface area contributed by atoms with Crippen LogP contribution < -0.4 is 15.4 Å². The van der Waals surface area contributed by atoms with Gasteiger partial charge in [0.15, 0.2) is 0 Å². The first-order valence-corrected chi connectivity index (χ1v) is 10.0. The molecule has 2 aromatic rings. The molecule has 0 unspecified atom stereocenters. The van der Waals surface area contributed by atoms with Crippen LogP contribution in [-0.2, 0) is 0 Å². The fourth-order valence-corrected chi connectivity index (χ4v) is 3.68. The highest BCUT2D eigenvalue weighted by Gasteiger charge is 2.24. The summed E-state index contributed by atoms with van der Waals surface area (Å²) < 4.78 is 5.28. The van der Waals surface area contributed by atoms with Crippen LogP contribution in [-0.4, -0.2) is 43.6 Å². The number of aryl methyl sites for hydroxylation is 2. The van der Waals surface area contributed by atoms with Crippen LogP contribution in [0.3, 0.4) is 0 Å². The molecule has 154 valence electrons. The van der Waals surface area contributed by atoms with Gasteiger partial charge in [-0.25, -0.2) is 4.79 Å². The Morgan fingerprint density at radius 3 is 2.52 bits per heavy atom. The molecule has 0 saturated carbocycles. The van der Waals surface area contributed by atoms with Gasteiger partial charge < -0.3 is 20.3 Å². The van der Waals surface area contributed by atoms with Crippen molar-refractivity contribution in [3.63, 3.8) is 0 Å². The van der Waals surface area contributed by atoms with Crippen molar-refractivity contribution in [2.24, 2.45) is 5.92 Å². The van der Waals surface area contributed by atoms with Crippen molar-refractivity contribution in [1.82, 2.24) is 10.2 Å². The quantitative estimate of drug-likeness (QED) is 0.804. The van der Waals surface area contributed by atoms with Gasteiger partial charge >= 0.3 is 6.03 Å². The lowest BCUT2D eigenvalue weighted by molar-refractivity contribution is 0.0938. The number of methoxy groups -OCH3 is 1. The lowest BCUT2D eigenvalue weighted by Gasteiger charge is -2.32. The van der Waals surface area contributed by atoms with Gasteiger partial charge in [0.25, 0.3) is 5.91 Å². The van der Waals surface area contributed by atoms with Crippen molar-refractivity contribution in [3.8, 4) is 5.75 Å². The molecular formula is C23H29N3O3. The van der Waals surface area contributed by atoms with Crippen LogP contribution in [0.1, 0.15) is 34.3 Å². The Balaban J connectivity index is 1.46. The first kappa shape index (κ1) is 20.7. The molecule has 29 heavy (non-hydrogen) atoms. The number of ether oxygens (including phenoxy) is 1. The van der Waals surface area contributed by atoms with Crippen LogP contribution in [0.4, 0.5) is 10.5 Å². The predicted molar refractivity (Wildman–Crippen MR) is 115 cm³/mol. The Bertz CT molecular complexity index is 873. The van der Waals surface area contributed by atoms with Crippen molar-refractivity contribution in [2.45, 2.75) is 26.7 Å². The van der Waals surface area contributed by atoms with Gasteiger partial charge in [-0.3, -0.25) is 4.79 Å². The highest BCUT2D eigenvalue weighted by molar-refractivity contribution is 5.95. The second-order valence-corrected chi connectivity index (χ2v) is 7.59. The van der Waals surface area contributed by atoms with E-state index >= 15 is 0 Å². The number of carbonyl (C=O) groups is 2. The summed E-state index contributed by atoms with van der Waals surface area (Å²) in [5, 5.41) is 5.97. The second-order valence-electron chi connectivity index (χ2n) is 7.59. The number of hydrogen-bond acceptors (Lipinski definition) is 3. The summed E-state index contributed by atoms with van der Waals surface area (Å²) in [5.41, 5.74) is 3.54. The summed E-state index contributed by atoms with van der Waals surface area (Å²) in [6, 6.07) is 13.1. The standard InChI is InChI=1S/C23H29N3O3/c1-16-8-9-19(17(2)14-16)22(27)24-15-18-10-12-26(13-11-18)23(28)25-20-6-4-5-7-21(20)29-3/h4-9,14,18H,10-13,15H2,1-3H3,(H,24,27)(H,25,28). The van der Waals surface area contributed by atoms with Gasteiger partial charge in [0.2, 0.25) is 0 Å². The number of piperidine rings is 1. The van der Waals surface area contributed by atoms with Gasteiger partial charge in [-0.2, -0.15) is 0 Å². The smallest absolute Gasteiger partial charge is 0.321 e. The molecule has 1 aliphatic heterocycles. The number of para-hydroxylation sites is 2. The zero-order valence-corrected chi connectivity index (χ0v) is 17.3. The van der Waals surface area contributed by atoms with E-state index in [4.69, 9.17) is 4.74 Å². The Kier molecular flexibility index (Phi) is 6.75. The van der Waals surface area contributed by atoms with Gasteiger partial charge in [0.05, 0.1) is 12.8 Å². The molecule has 1 aliphatic rings. The highest BCUT2D eigenvalue weighted by atomic mass is 16.5. The number of benzene rings is 2. The van der Waals surface area contributed by atoms with Crippen molar-refractivity contribution >= 4 is 17.6 Å². The summed E-state index contributed by atoms with van der Waals surface area (Å²) in [7, 11) is 1.59. The van der Waals surface area contributed by atoms with Crippen LogP contribution in [0.25, 0.3) is 0 Å². The lowest BCUT2D eigenvalue weighted by atomic mass is 9.96. The molecular weight excluding hydrogens is 366 g/mol. The molecule has 2 aromatic carbocycles. The molecule has 0 radical (unpaired) electrons. The molecule has 0 aliphatic carbocycles. The fourth-order valence-electron chi connectivity index (χ4n) is 3.68. The minimum Gasteiger partial charge on any atom is -0.495 e. The normalized spacial score (nSPS) is 14.4. The van der Waals surface area contributed by atoms with Gasteiger partial charge in [-0.1, -0.05) is 29.8 Å². The molecule has 1 heterocycles. The third-order valence-corrected chi connectivity index (χ3v) is 5.43. The van der Waals surface area contributed by atoms with E-state index in [0.717, 1.165) is 29.5 Å². The van der Waals surface area contributed by atoms with Gasteiger partial charge in [0, 0.05) is 25.2 Å². The predicted octanol–water partition coefficient (Wildman–Crippen LogP) is 3.99. The molecule has 6 heteroatoms. The number of carbonyl (C=O) groups excluding carboxylic acids is 2. The third kappa shape index (κ3) is 5.28. The van der Waals surface area contributed by atoms with Gasteiger partial charge in [-0.15, -0.1) is 0 Å². The maximum absolute atomic E-state index is 12.5. The maximum atomic E-state index is 12.5. The zero-order valence-electron chi connectivity index (χ0n) is 17.3. The molecule has 2 N–H and O–H groups in total. The fraction of sp³-hybridized carbons (Fsp3) is 0.391. The minimum absolute atomic E-state index is 0.0288. The highest BCUT2D eigenvalue weighted by Crippen LogP contribution is 2.24. The maximum Gasteiger partial charge on any atom is 0.321 e. The van der Waals surface area contributed by atoms with Crippen molar-refractivity contribution in [1.29, 1.82) is 0 Å². The number of likely N-dealkylation sites (tertiary alicyclic amines) is 1. The molecule has 1 saturated heterocycles. The summed E-state index contributed by atoms with van der Waals surface area (Å²) in [5.74, 6) is 0.990. The summed E-state index contributed by atoms with van der Waals surface area (Å²) in [6.07, 6.45) is 1.74. The van der Waals surface area contributed by atoms with Crippen molar-refractivity contribution in [2.75, 3.05) is 32.1 Å². The molecule has 6 nitrogen and oxygen atoms in total. The van der Waals surface area contributed by atoms with E-state index in [9.17, 15) is 9.59 Å². The van der Waals surface area contributed by atoms with E-state index < -0.39 is 0 Å². The number of amides is 3. The minimum atomic E-state index is -0.118. The first-order valence-electron chi connectivity index (χ1n) is 10.0. The molecule has 0 spiro atoms. The summed E-state index contributed by atoms with van der Waals surface area (Å²) in [4.78, 5) is 26.8. The average Bonchev–Trinajstić information content (AvgIpc) is 2.72. The number of hydrogen-bond donors (Lipinski definition) is 2. The Morgan fingerprint density at radius 2 is 1.83 bits per heavy atom. The number of nitrogens with zero attached hydrogens (tertiary/aromatic N) is 1. The van der Waals surface area contributed by atoms with Gasteiger partial charge in [-0.05, 0) is 56.4 Å². The third-order valence-electron chi connectivity index (χ3n) is 5.43. The van der Waals surface area contributed by atoms with Crippen LogP contribution in [0.2, 0.25) is 0 Å². The number of rotatable bonds is 5. The largest absolute Gasteiger partial charge is 0.495 e. The van der Waals surface area contributed by atoms with Crippen molar-refractivity contribution < 1.29 is 14.3 Å². The van der Waals surface area contributed by atoms with E-state index in [-0.39, 0.29) is 11.9 Å². The monoisotopic (exact) mass is 395 g/mol. The summed E-state index contributed by atoms with van der Waals surface area (Å²) in [6.45, 7) is 5.96.